The number of benzene rings is 2. The zero-order valence-corrected chi connectivity index (χ0v) is 10.8. The quantitative estimate of drug-likeness (QED) is 0.923. The Bertz CT molecular complexity index is 644. The van der Waals surface area contributed by atoms with Crippen LogP contribution in [0.2, 0.25) is 0 Å². The molecule has 0 fully saturated rings. The minimum Gasteiger partial charge on any atom is -0.478 e. The van der Waals surface area contributed by atoms with E-state index < -0.39 is 23.2 Å². The fraction of sp³-hybridized carbons (Fsp3) is 0.133. The van der Waals surface area contributed by atoms with Crippen LogP contribution in [0, 0.1) is 11.6 Å². The summed E-state index contributed by atoms with van der Waals surface area (Å²) in [7, 11) is 0. The van der Waals surface area contributed by atoms with Crippen molar-refractivity contribution in [1.29, 1.82) is 0 Å². The van der Waals surface area contributed by atoms with Crippen LogP contribution in [-0.4, -0.2) is 17.6 Å². The van der Waals surface area contributed by atoms with Gasteiger partial charge in [-0.2, -0.15) is 0 Å². The van der Waals surface area contributed by atoms with Crippen LogP contribution in [0.25, 0.3) is 0 Å². The van der Waals surface area contributed by atoms with E-state index in [-0.39, 0.29) is 11.4 Å². The molecule has 0 aliphatic rings. The second-order valence-electron chi connectivity index (χ2n) is 4.13. The summed E-state index contributed by atoms with van der Waals surface area (Å²) < 4.78 is 27.6. The molecule has 104 valence electrons. The third-order valence-electron chi connectivity index (χ3n) is 2.96. The van der Waals surface area contributed by atoms with E-state index in [1.807, 2.05) is 0 Å². The van der Waals surface area contributed by atoms with Crippen LogP contribution in [0.4, 0.5) is 20.2 Å². The van der Waals surface area contributed by atoms with Crippen LogP contribution in [0.1, 0.15) is 17.3 Å². The Morgan fingerprint density at radius 2 is 1.65 bits per heavy atom. The van der Waals surface area contributed by atoms with E-state index in [2.05, 4.69) is 0 Å². The summed E-state index contributed by atoms with van der Waals surface area (Å²) >= 11 is 0. The zero-order valence-electron chi connectivity index (χ0n) is 10.8. The molecule has 1 N–H and O–H groups in total. The van der Waals surface area contributed by atoms with Crippen molar-refractivity contribution in [2.75, 3.05) is 11.4 Å². The van der Waals surface area contributed by atoms with Crippen molar-refractivity contribution < 1.29 is 18.7 Å². The highest BCUT2D eigenvalue weighted by Gasteiger charge is 2.21. The van der Waals surface area contributed by atoms with Crippen molar-refractivity contribution in [1.82, 2.24) is 0 Å². The molecule has 0 spiro atoms. The maximum Gasteiger partial charge on any atom is 0.340 e. The number of hydrogen-bond donors (Lipinski definition) is 1. The molecule has 2 aromatic carbocycles. The summed E-state index contributed by atoms with van der Waals surface area (Å²) in [6.07, 6.45) is 0. The molecular weight excluding hydrogens is 264 g/mol. The largest absolute Gasteiger partial charge is 0.478 e. The molecule has 0 amide bonds. The fourth-order valence-electron chi connectivity index (χ4n) is 2.09. The first kappa shape index (κ1) is 14.0. The normalized spacial score (nSPS) is 10.3. The average molecular weight is 277 g/mol. The molecule has 0 saturated carbocycles. The first-order chi connectivity index (χ1) is 9.56. The van der Waals surface area contributed by atoms with Gasteiger partial charge in [-0.1, -0.05) is 18.2 Å². The second-order valence-corrected chi connectivity index (χ2v) is 4.13. The maximum absolute atomic E-state index is 13.9. The van der Waals surface area contributed by atoms with E-state index in [1.54, 1.807) is 13.0 Å². The number of halogens is 2. The Hall–Kier alpha value is -2.43. The molecule has 0 saturated heterocycles. The molecular formula is C15H13F2NO2. The lowest BCUT2D eigenvalue weighted by atomic mass is 10.1. The highest BCUT2D eigenvalue weighted by molar-refractivity contribution is 5.96. The Labute approximate surface area is 115 Å². The van der Waals surface area contributed by atoms with E-state index in [4.69, 9.17) is 5.11 Å². The number of para-hydroxylation sites is 1. The number of carbonyl (C=O) groups is 1. The van der Waals surface area contributed by atoms with Crippen molar-refractivity contribution in [3.05, 3.63) is 59.7 Å². The molecule has 5 heteroatoms. The van der Waals surface area contributed by atoms with Gasteiger partial charge < -0.3 is 10.0 Å². The number of carboxylic acids is 1. The Kier molecular flexibility index (Phi) is 3.98. The first-order valence-electron chi connectivity index (χ1n) is 6.10. The summed E-state index contributed by atoms with van der Waals surface area (Å²) in [5, 5.41) is 9.15. The lowest BCUT2D eigenvalue weighted by molar-refractivity contribution is 0.0692. The SMILES string of the molecule is CCN(c1ccccc1F)c1cccc(F)c1C(=O)O. The number of hydrogen-bond acceptors (Lipinski definition) is 2. The molecule has 0 heterocycles. The van der Waals surface area contributed by atoms with Gasteiger partial charge in [0.1, 0.15) is 17.2 Å². The van der Waals surface area contributed by atoms with Crippen LogP contribution in [0.5, 0.6) is 0 Å². The van der Waals surface area contributed by atoms with Crippen LogP contribution >= 0.6 is 0 Å². The molecule has 0 aliphatic carbocycles. The van der Waals surface area contributed by atoms with Crippen molar-refractivity contribution in [3.8, 4) is 0 Å². The monoisotopic (exact) mass is 277 g/mol. The number of aromatic carboxylic acids is 1. The van der Waals surface area contributed by atoms with Crippen molar-refractivity contribution >= 4 is 17.3 Å². The lowest BCUT2D eigenvalue weighted by Gasteiger charge is -2.25. The van der Waals surface area contributed by atoms with Gasteiger partial charge in [-0.3, -0.25) is 0 Å². The van der Waals surface area contributed by atoms with Crippen molar-refractivity contribution in [2.45, 2.75) is 6.92 Å². The molecule has 0 radical (unpaired) electrons. The minimum atomic E-state index is -1.38. The third kappa shape index (κ3) is 2.47. The molecule has 0 aliphatic heterocycles. The summed E-state index contributed by atoms with van der Waals surface area (Å²) in [6, 6.07) is 9.91. The van der Waals surface area contributed by atoms with Gasteiger partial charge in [0.05, 0.1) is 11.4 Å². The van der Waals surface area contributed by atoms with E-state index in [1.165, 1.54) is 35.2 Å². The van der Waals surface area contributed by atoms with Gasteiger partial charge in [-0.15, -0.1) is 0 Å². The minimum absolute atomic E-state index is 0.130. The summed E-state index contributed by atoms with van der Waals surface area (Å²) in [5.74, 6) is -2.72. The first-order valence-corrected chi connectivity index (χ1v) is 6.10. The molecule has 0 bridgehead atoms. The lowest BCUT2D eigenvalue weighted by Crippen LogP contribution is -2.21. The summed E-state index contributed by atoms with van der Waals surface area (Å²) in [5.41, 5.74) is -0.120. The van der Waals surface area contributed by atoms with Gasteiger partial charge in [-0.05, 0) is 31.2 Å². The predicted octanol–water partition coefficient (Wildman–Crippen LogP) is 3.82. The van der Waals surface area contributed by atoms with Crippen molar-refractivity contribution in [3.63, 3.8) is 0 Å². The third-order valence-corrected chi connectivity index (χ3v) is 2.96. The van der Waals surface area contributed by atoms with Crippen LogP contribution in [-0.2, 0) is 0 Å². The number of rotatable bonds is 4. The number of nitrogens with zero attached hydrogens (tertiary/aromatic N) is 1. The average Bonchev–Trinajstić information content (AvgIpc) is 2.41. The highest BCUT2D eigenvalue weighted by atomic mass is 19.1. The molecule has 0 atom stereocenters. The Morgan fingerprint density at radius 1 is 1.05 bits per heavy atom. The van der Waals surface area contributed by atoms with E-state index in [9.17, 15) is 13.6 Å². The van der Waals surface area contributed by atoms with E-state index in [0.29, 0.717) is 6.54 Å². The summed E-state index contributed by atoms with van der Waals surface area (Å²) in [6.45, 7) is 2.05. The molecule has 2 rings (SSSR count). The Balaban J connectivity index is 2.62. The van der Waals surface area contributed by atoms with E-state index >= 15 is 0 Å². The van der Waals surface area contributed by atoms with Crippen LogP contribution < -0.4 is 4.90 Å². The zero-order chi connectivity index (χ0) is 14.7. The highest BCUT2D eigenvalue weighted by Crippen LogP contribution is 2.31. The predicted molar refractivity (Wildman–Crippen MR) is 72.4 cm³/mol. The second kappa shape index (κ2) is 5.69. The standard InChI is InChI=1S/C15H13F2NO2/c1-2-18(12-8-4-3-6-10(12)16)13-9-5-7-11(17)14(13)15(19)20/h3-9H,2H2,1H3,(H,19,20). The van der Waals surface area contributed by atoms with E-state index in [0.717, 1.165) is 6.07 Å². The number of anilines is 2. The molecule has 0 aromatic heterocycles. The molecule has 0 unspecified atom stereocenters. The van der Waals surface area contributed by atoms with Gasteiger partial charge in [0.15, 0.2) is 0 Å². The molecule has 20 heavy (non-hydrogen) atoms. The maximum atomic E-state index is 13.9. The van der Waals surface area contributed by atoms with Gasteiger partial charge in [-0.25, -0.2) is 13.6 Å². The molecule has 3 nitrogen and oxygen atoms in total. The number of carboxylic acid groups (broad SMARTS) is 1. The van der Waals surface area contributed by atoms with Gasteiger partial charge >= 0.3 is 5.97 Å². The smallest absolute Gasteiger partial charge is 0.340 e. The van der Waals surface area contributed by atoms with Crippen LogP contribution in [0.15, 0.2) is 42.5 Å². The van der Waals surface area contributed by atoms with Gasteiger partial charge in [0.25, 0.3) is 0 Å². The summed E-state index contributed by atoms with van der Waals surface area (Å²) in [4.78, 5) is 12.7. The van der Waals surface area contributed by atoms with Gasteiger partial charge in [0, 0.05) is 6.54 Å². The fourth-order valence-corrected chi connectivity index (χ4v) is 2.09. The van der Waals surface area contributed by atoms with Crippen molar-refractivity contribution in [2.24, 2.45) is 0 Å². The topological polar surface area (TPSA) is 40.5 Å². The van der Waals surface area contributed by atoms with Crippen LogP contribution in [0.3, 0.4) is 0 Å². The van der Waals surface area contributed by atoms with Gasteiger partial charge in [0.2, 0.25) is 0 Å². The molecule has 2 aromatic rings. The Morgan fingerprint density at radius 3 is 2.25 bits per heavy atom.